The quantitative estimate of drug-likeness (QED) is 0.781. The number of carbonyl (C=O) groups excluding carboxylic acids is 1. The Morgan fingerprint density at radius 3 is 2.64 bits per heavy atom. The summed E-state index contributed by atoms with van der Waals surface area (Å²) in [5, 5.41) is 11.4. The van der Waals surface area contributed by atoms with Gasteiger partial charge in [-0.3, -0.25) is 4.79 Å². The van der Waals surface area contributed by atoms with Gasteiger partial charge in [0.1, 0.15) is 11.8 Å². The SMILES string of the molecule is CN(C)S(=O)(=O)c1cc(C(=O)NC2(C(=O)O)CCSC2)co1. The van der Waals surface area contributed by atoms with Gasteiger partial charge in [0.15, 0.2) is 0 Å². The first-order chi connectivity index (χ1) is 10.2. The van der Waals surface area contributed by atoms with Gasteiger partial charge >= 0.3 is 5.97 Å². The van der Waals surface area contributed by atoms with Crippen molar-refractivity contribution in [1.82, 2.24) is 9.62 Å². The normalized spacial score (nSPS) is 22.0. The van der Waals surface area contributed by atoms with Crippen molar-refractivity contribution in [3.05, 3.63) is 17.9 Å². The van der Waals surface area contributed by atoms with Crippen LogP contribution in [-0.2, 0) is 14.8 Å². The minimum absolute atomic E-state index is 0.0297. The lowest BCUT2D eigenvalue weighted by Gasteiger charge is -2.24. The van der Waals surface area contributed by atoms with Crippen LogP contribution in [-0.4, -0.2) is 60.8 Å². The van der Waals surface area contributed by atoms with Crippen LogP contribution >= 0.6 is 11.8 Å². The number of carboxylic acids is 1. The zero-order chi connectivity index (χ0) is 16.5. The van der Waals surface area contributed by atoms with E-state index in [2.05, 4.69) is 5.32 Å². The van der Waals surface area contributed by atoms with Crippen LogP contribution in [0, 0.1) is 0 Å². The molecule has 8 nitrogen and oxygen atoms in total. The second kappa shape index (κ2) is 5.94. The molecule has 0 aromatic carbocycles. The second-order valence-electron chi connectivity index (χ2n) is 5.09. The number of aliphatic carboxylic acids is 1. The average molecular weight is 348 g/mol. The number of nitrogens with zero attached hydrogens (tertiary/aromatic N) is 1. The number of sulfonamides is 1. The average Bonchev–Trinajstić information content (AvgIpc) is 3.07. The number of rotatable bonds is 5. The number of hydrogen-bond donors (Lipinski definition) is 2. The number of furan rings is 1. The van der Waals surface area contributed by atoms with Crippen molar-refractivity contribution in [3.63, 3.8) is 0 Å². The van der Waals surface area contributed by atoms with E-state index in [1.54, 1.807) is 0 Å². The van der Waals surface area contributed by atoms with E-state index in [9.17, 15) is 23.1 Å². The molecule has 1 atom stereocenters. The molecule has 1 aromatic rings. The van der Waals surface area contributed by atoms with Crippen molar-refractivity contribution in [2.24, 2.45) is 0 Å². The molecule has 1 saturated heterocycles. The Kier molecular flexibility index (Phi) is 4.54. The smallest absolute Gasteiger partial charge is 0.330 e. The molecule has 0 bridgehead atoms. The highest BCUT2D eigenvalue weighted by atomic mass is 32.2. The number of nitrogens with one attached hydrogen (secondary N) is 1. The van der Waals surface area contributed by atoms with Crippen LogP contribution in [0.25, 0.3) is 0 Å². The van der Waals surface area contributed by atoms with E-state index in [0.29, 0.717) is 12.2 Å². The fourth-order valence-electron chi connectivity index (χ4n) is 1.93. The predicted molar refractivity (Wildman–Crippen MR) is 79.4 cm³/mol. The Bertz CT molecular complexity index is 688. The molecule has 0 saturated carbocycles. The molecule has 2 rings (SSSR count). The van der Waals surface area contributed by atoms with Crippen LogP contribution in [0.15, 0.2) is 21.8 Å². The summed E-state index contributed by atoms with van der Waals surface area (Å²) >= 11 is 1.44. The minimum atomic E-state index is -3.78. The molecule has 2 N–H and O–H groups in total. The molecular weight excluding hydrogens is 332 g/mol. The molecule has 1 aliphatic heterocycles. The molecule has 122 valence electrons. The monoisotopic (exact) mass is 348 g/mol. The molecule has 0 spiro atoms. The molecule has 1 amide bonds. The van der Waals surface area contributed by atoms with E-state index in [1.807, 2.05) is 0 Å². The van der Waals surface area contributed by atoms with E-state index in [4.69, 9.17) is 4.42 Å². The van der Waals surface area contributed by atoms with Gasteiger partial charge in [-0.15, -0.1) is 0 Å². The summed E-state index contributed by atoms with van der Waals surface area (Å²) in [6, 6.07) is 1.09. The third-order valence-corrected chi connectivity index (χ3v) is 6.23. The highest BCUT2D eigenvalue weighted by Gasteiger charge is 2.43. The summed E-state index contributed by atoms with van der Waals surface area (Å²) in [5.41, 5.74) is -1.35. The Hall–Kier alpha value is -1.52. The first kappa shape index (κ1) is 16.8. The predicted octanol–water partition coefficient (Wildman–Crippen LogP) is 0.220. The van der Waals surface area contributed by atoms with Gasteiger partial charge < -0.3 is 14.8 Å². The van der Waals surface area contributed by atoms with Gasteiger partial charge in [0.25, 0.3) is 15.9 Å². The van der Waals surface area contributed by atoms with E-state index in [1.165, 1.54) is 25.9 Å². The maximum absolute atomic E-state index is 12.2. The molecule has 22 heavy (non-hydrogen) atoms. The third kappa shape index (κ3) is 2.99. The van der Waals surface area contributed by atoms with Crippen LogP contribution in [0.3, 0.4) is 0 Å². The van der Waals surface area contributed by atoms with Crippen LogP contribution < -0.4 is 5.32 Å². The van der Waals surface area contributed by atoms with Crippen LogP contribution in [0.4, 0.5) is 0 Å². The van der Waals surface area contributed by atoms with Gasteiger partial charge in [-0.2, -0.15) is 11.8 Å². The van der Waals surface area contributed by atoms with Crippen molar-refractivity contribution in [1.29, 1.82) is 0 Å². The Morgan fingerprint density at radius 2 is 2.14 bits per heavy atom. The Morgan fingerprint density at radius 1 is 1.45 bits per heavy atom. The number of hydrogen-bond acceptors (Lipinski definition) is 6. The largest absolute Gasteiger partial charge is 0.479 e. The van der Waals surface area contributed by atoms with E-state index < -0.39 is 27.4 Å². The lowest BCUT2D eigenvalue weighted by molar-refractivity contribution is -0.143. The molecule has 1 aromatic heterocycles. The maximum atomic E-state index is 12.2. The van der Waals surface area contributed by atoms with Crippen LogP contribution in [0.1, 0.15) is 16.8 Å². The molecule has 0 radical (unpaired) electrons. The fourth-order valence-corrected chi connectivity index (χ4v) is 4.06. The lowest BCUT2D eigenvalue weighted by Crippen LogP contribution is -2.54. The van der Waals surface area contributed by atoms with Crippen LogP contribution in [0.5, 0.6) is 0 Å². The van der Waals surface area contributed by atoms with Gasteiger partial charge in [-0.1, -0.05) is 0 Å². The first-order valence-electron chi connectivity index (χ1n) is 6.34. The highest BCUT2D eigenvalue weighted by molar-refractivity contribution is 7.99. The zero-order valence-electron chi connectivity index (χ0n) is 12.0. The molecule has 0 aliphatic carbocycles. The first-order valence-corrected chi connectivity index (χ1v) is 8.93. The van der Waals surface area contributed by atoms with Crippen molar-refractivity contribution in [2.75, 3.05) is 25.6 Å². The molecule has 10 heteroatoms. The Balaban J connectivity index is 2.21. The fraction of sp³-hybridized carbons (Fsp3) is 0.500. The maximum Gasteiger partial charge on any atom is 0.330 e. The topological polar surface area (TPSA) is 117 Å². The highest BCUT2D eigenvalue weighted by Crippen LogP contribution is 2.29. The van der Waals surface area contributed by atoms with Gasteiger partial charge in [0, 0.05) is 25.9 Å². The van der Waals surface area contributed by atoms with E-state index >= 15 is 0 Å². The third-order valence-electron chi connectivity index (χ3n) is 3.36. The second-order valence-corrected chi connectivity index (χ2v) is 8.27. The molecule has 2 heterocycles. The Labute approximate surface area is 131 Å². The summed E-state index contributed by atoms with van der Waals surface area (Å²) in [4.78, 5) is 23.6. The summed E-state index contributed by atoms with van der Waals surface area (Å²) in [5.74, 6) is -0.864. The van der Waals surface area contributed by atoms with E-state index in [-0.39, 0.29) is 16.4 Å². The molecule has 1 unspecified atom stereocenters. The number of carboxylic acid groups (broad SMARTS) is 1. The zero-order valence-corrected chi connectivity index (χ0v) is 13.7. The van der Waals surface area contributed by atoms with Gasteiger partial charge in [-0.05, 0) is 12.2 Å². The van der Waals surface area contributed by atoms with Crippen molar-refractivity contribution < 1.29 is 27.5 Å². The summed E-state index contributed by atoms with van der Waals surface area (Å²) in [7, 11) is -1.10. The van der Waals surface area contributed by atoms with Crippen molar-refractivity contribution >= 4 is 33.7 Å². The molecular formula is C12H16N2O6S2. The number of thioether (sulfide) groups is 1. The lowest BCUT2D eigenvalue weighted by atomic mass is 9.99. The van der Waals surface area contributed by atoms with Gasteiger partial charge in [0.2, 0.25) is 5.09 Å². The number of carbonyl (C=O) groups is 2. The molecule has 1 aliphatic rings. The summed E-state index contributed by atoms with van der Waals surface area (Å²) < 4.78 is 29.7. The number of amides is 1. The van der Waals surface area contributed by atoms with Crippen LogP contribution in [0.2, 0.25) is 0 Å². The van der Waals surface area contributed by atoms with Crippen molar-refractivity contribution in [2.45, 2.75) is 17.1 Å². The summed E-state index contributed by atoms with van der Waals surface area (Å²) in [6.45, 7) is 0. The van der Waals surface area contributed by atoms with E-state index in [0.717, 1.165) is 16.6 Å². The van der Waals surface area contributed by atoms with Crippen molar-refractivity contribution in [3.8, 4) is 0 Å². The molecule has 1 fully saturated rings. The van der Waals surface area contributed by atoms with Gasteiger partial charge in [0.05, 0.1) is 5.56 Å². The summed E-state index contributed by atoms with van der Waals surface area (Å²) in [6.07, 6.45) is 1.32. The standard InChI is InChI=1S/C12H16N2O6S2/c1-14(2)22(18,19)9-5-8(6-20-9)10(15)13-12(11(16)17)3-4-21-7-12/h5-6H,3-4,7H2,1-2H3,(H,13,15)(H,16,17). The minimum Gasteiger partial charge on any atom is -0.479 e. The van der Waals surface area contributed by atoms with Gasteiger partial charge in [-0.25, -0.2) is 17.5 Å².